The number of nitrogens with zero attached hydrogens (tertiary/aromatic N) is 4. The van der Waals surface area contributed by atoms with Gasteiger partial charge in [0.25, 0.3) is 5.91 Å². The van der Waals surface area contributed by atoms with E-state index in [0.717, 1.165) is 5.69 Å². The minimum Gasteiger partial charge on any atom is -0.345 e. The molecule has 15 heavy (non-hydrogen) atoms. The lowest BCUT2D eigenvalue weighted by Gasteiger charge is -2.02. The molecule has 2 N–H and O–H groups in total. The molecule has 2 aromatic heterocycles. The van der Waals surface area contributed by atoms with Crippen molar-refractivity contribution in [2.24, 2.45) is 7.05 Å². The van der Waals surface area contributed by atoms with Crippen molar-refractivity contribution < 1.29 is 4.79 Å². The molecule has 7 nitrogen and oxygen atoms in total. The molecule has 0 spiro atoms. The average molecular weight is 206 g/mol. The van der Waals surface area contributed by atoms with Crippen LogP contribution in [0.3, 0.4) is 0 Å². The lowest BCUT2D eigenvalue weighted by atomic mass is 10.4. The Morgan fingerprint density at radius 2 is 2.53 bits per heavy atom. The first-order chi connectivity index (χ1) is 7.27. The van der Waals surface area contributed by atoms with Gasteiger partial charge in [0, 0.05) is 13.2 Å². The first-order valence-corrected chi connectivity index (χ1v) is 4.38. The normalized spacial score (nSPS) is 10.2. The number of carbonyl (C=O) groups excluding carboxylic acids is 1. The van der Waals surface area contributed by atoms with Crippen LogP contribution in [-0.4, -0.2) is 31.1 Å². The van der Waals surface area contributed by atoms with Crippen LogP contribution >= 0.6 is 0 Å². The third-order valence-corrected chi connectivity index (χ3v) is 2.00. The van der Waals surface area contributed by atoms with Crippen LogP contribution in [0.25, 0.3) is 0 Å². The largest absolute Gasteiger partial charge is 0.345 e. The van der Waals surface area contributed by atoms with E-state index < -0.39 is 0 Å². The van der Waals surface area contributed by atoms with E-state index in [9.17, 15) is 4.79 Å². The van der Waals surface area contributed by atoms with Crippen LogP contribution in [0.5, 0.6) is 0 Å². The number of rotatable bonds is 3. The molecule has 1 amide bonds. The lowest BCUT2D eigenvalue weighted by molar-refractivity contribution is 0.0945. The highest BCUT2D eigenvalue weighted by Gasteiger charge is 2.08. The number of hydrogen-bond donors (Lipinski definition) is 2. The molecule has 0 atom stereocenters. The summed E-state index contributed by atoms with van der Waals surface area (Å²) in [6.45, 7) is 0.419. The van der Waals surface area contributed by atoms with E-state index in [1.165, 1.54) is 6.20 Å². The SMILES string of the molecule is Cn1nccc1CNC(=O)c1cn[nH]n1. The van der Waals surface area contributed by atoms with E-state index in [0.29, 0.717) is 6.54 Å². The van der Waals surface area contributed by atoms with E-state index in [1.807, 2.05) is 13.1 Å². The van der Waals surface area contributed by atoms with E-state index in [-0.39, 0.29) is 11.6 Å². The zero-order chi connectivity index (χ0) is 10.7. The molecule has 78 valence electrons. The number of carbonyl (C=O) groups is 1. The van der Waals surface area contributed by atoms with Crippen molar-refractivity contribution >= 4 is 5.91 Å². The quantitative estimate of drug-likeness (QED) is 0.706. The van der Waals surface area contributed by atoms with Gasteiger partial charge in [-0.15, -0.1) is 0 Å². The summed E-state index contributed by atoms with van der Waals surface area (Å²) in [6.07, 6.45) is 3.05. The van der Waals surface area contributed by atoms with Crippen molar-refractivity contribution in [3.63, 3.8) is 0 Å². The Morgan fingerprint density at radius 3 is 3.13 bits per heavy atom. The highest BCUT2D eigenvalue weighted by Crippen LogP contribution is 1.96. The van der Waals surface area contributed by atoms with Crippen molar-refractivity contribution in [1.29, 1.82) is 0 Å². The fourth-order valence-electron chi connectivity index (χ4n) is 1.15. The van der Waals surface area contributed by atoms with Crippen molar-refractivity contribution in [2.45, 2.75) is 6.54 Å². The molecule has 2 heterocycles. The summed E-state index contributed by atoms with van der Waals surface area (Å²) in [6, 6.07) is 1.84. The number of aryl methyl sites for hydroxylation is 1. The molecule has 0 fully saturated rings. The van der Waals surface area contributed by atoms with Crippen molar-refractivity contribution in [1.82, 2.24) is 30.5 Å². The van der Waals surface area contributed by atoms with Crippen LogP contribution in [0.4, 0.5) is 0 Å². The summed E-state index contributed by atoms with van der Waals surface area (Å²) in [7, 11) is 1.82. The molecule has 7 heteroatoms. The molecule has 0 unspecified atom stereocenters. The molecule has 0 saturated heterocycles. The van der Waals surface area contributed by atoms with E-state index in [2.05, 4.69) is 25.8 Å². The fourth-order valence-corrected chi connectivity index (χ4v) is 1.15. The van der Waals surface area contributed by atoms with Gasteiger partial charge in [0.1, 0.15) is 0 Å². The Balaban J connectivity index is 1.95. The van der Waals surface area contributed by atoms with Gasteiger partial charge in [0.2, 0.25) is 0 Å². The first-order valence-electron chi connectivity index (χ1n) is 4.38. The van der Waals surface area contributed by atoms with Crippen LogP contribution < -0.4 is 5.32 Å². The number of hydrogen-bond acceptors (Lipinski definition) is 4. The molecule has 0 saturated carbocycles. The fraction of sp³-hybridized carbons (Fsp3) is 0.250. The van der Waals surface area contributed by atoms with Gasteiger partial charge < -0.3 is 5.32 Å². The van der Waals surface area contributed by atoms with Gasteiger partial charge in [-0.05, 0) is 6.07 Å². The standard InChI is InChI=1S/C8H10N6O/c1-14-6(2-3-11-14)4-9-8(15)7-5-10-13-12-7/h2-3,5H,4H2,1H3,(H,9,15)(H,10,12,13). The molecule has 0 radical (unpaired) electrons. The predicted molar refractivity (Wildman–Crippen MR) is 50.8 cm³/mol. The Hall–Kier alpha value is -2.18. The average Bonchev–Trinajstić information content (AvgIpc) is 2.85. The lowest BCUT2D eigenvalue weighted by Crippen LogP contribution is -2.24. The third kappa shape index (κ3) is 2.01. The Kier molecular flexibility index (Phi) is 2.44. The second kappa shape index (κ2) is 3.91. The molecule has 0 bridgehead atoms. The smallest absolute Gasteiger partial charge is 0.273 e. The number of amides is 1. The van der Waals surface area contributed by atoms with E-state index >= 15 is 0 Å². The van der Waals surface area contributed by atoms with E-state index in [1.54, 1.807) is 10.9 Å². The van der Waals surface area contributed by atoms with Gasteiger partial charge in [0.15, 0.2) is 5.69 Å². The summed E-state index contributed by atoms with van der Waals surface area (Å²) < 4.78 is 1.70. The maximum absolute atomic E-state index is 11.4. The highest BCUT2D eigenvalue weighted by atomic mass is 16.1. The molecule has 2 aromatic rings. The Morgan fingerprint density at radius 1 is 1.67 bits per heavy atom. The summed E-state index contributed by atoms with van der Waals surface area (Å²) in [5.74, 6) is -0.259. The van der Waals surface area contributed by atoms with Crippen LogP contribution in [0.15, 0.2) is 18.5 Å². The second-order valence-corrected chi connectivity index (χ2v) is 2.98. The van der Waals surface area contributed by atoms with Gasteiger partial charge in [-0.25, -0.2) is 0 Å². The Bertz CT molecular complexity index is 445. The molecular weight excluding hydrogens is 196 g/mol. The number of aromatic amines is 1. The predicted octanol–water partition coefficient (Wildman–Crippen LogP) is -0.532. The molecule has 0 aliphatic heterocycles. The first kappa shape index (κ1) is 9.38. The minimum atomic E-state index is -0.259. The van der Waals surface area contributed by atoms with Gasteiger partial charge in [-0.3, -0.25) is 9.48 Å². The highest BCUT2D eigenvalue weighted by molar-refractivity contribution is 5.91. The maximum atomic E-state index is 11.4. The minimum absolute atomic E-state index is 0.259. The van der Waals surface area contributed by atoms with Gasteiger partial charge >= 0.3 is 0 Å². The van der Waals surface area contributed by atoms with Gasteiger partial charge in [-0.1, -0.05) is 0 Å². The monoisotopic (exact) mass is 206 g/mol. The van der Waals surface area contributed by atoms with Crippen LogP contribution in [0.2, 0.25) is 0 Å². The van der Waals surface area contributed by atoms with Gasteiger partial charge in [-0.2, -0.15) is 20.5 Å². The second-order valence-electron chi connectivity index (χ2n) is 2.98. The van der Waals surface area contributed by atoms with Crippen molar-refractivity contribution in [3.8, 4) is 0 Å². The molecular formula is C8H10N6O. The number of nitrogens with one attached hydrogen (secondary N) is 2. The maximum Gasteiger partial charge on any atom is 0.273 e. The van der Waals surface area contributed by atoms with E-state index in [4.69, 9.17) is 0 Å². The summed E-state index contributed by atoms with van der Waals surface area (Å²) in [5.41, 5.74) is 1.20. The molecule has 0 aromatic carbocycles. The van der Waals surface area contributed by atoms with Crippen LogP contribution in [0.1, 0.15) is 16.2 Å². The number of H-pyrrole nitrogens is 1. The van der Waals surface area contributed by atoms with Gasteiger partial charge in [0.05, 0.1) is 18.4 Å². The summed E-state index contributed by atoms with van der Waals surface area (Å²) in [5, 5.41) is 16.3. The van der Waals surface area contributed by atoms with Crippen LogP contribution in [0, 0.1) is 0 Å². The number of aromatic nitrogens is 5. The van der Waals surface area contributed by atoms with Crippen LogP contribution in [-0.2, 0) is 13.6 Å². The van der Waals surface area contributed by atoms with Crippen molar-refractivity contribution in [3.05, 3.63) is 29.8 Å². The summed E-state index contributed by atoms with van der Waals surface area (Å²) >= 11 is 0. The topological polar surface area (TPSA) is 88.5 Å². The molecule has 2 rings (SSSR count). The Labute approximate surface area is 85.5 Å². The molecule has 0 aliphatic rings. The third-order valence-electron chi connectivity index (χ3n) is 2.00. The zero-order valence-corrected chi connectivity index (χ0v) is 8.14. The summed E-state index contributed by atoms with van der Waals surface area (Å²) in [4.78, 5) is 11.4. The molecule has 0 aliphatic carbocycles. The zero-order valence-electron chi connectivity index (χ0n) is 8.14. The van der Waals surface area contributed by atoms with Crippen molar-refractivity contribution in [2.75, 3.05) is 0 Å².